The van der Waals surface area contributed by atoms with Gasteiger partial charge in [0.05, 0.1) is 23.8 Å². The smallest absolute Gasteiger partial charge is 0.404 e. The van der Waals surface area contributed by atoms with Crippen molar-refractivity contribution in [2.24, 2.45) is 0 Å². The highest BCUT2D eigenvalue weighted by molar-refractivity contribution is 6.00. The van der Waals surface area contributed by atoms with Crippen molar-refractivity contribution < 1.29 is 22.7 Å². The highest BCUT2D eigenvalue weighted by Gasteiger charge is 2.32. The average Bonchev–Trinajstić information content (AvgIpc) is 2.48. The molecule has 0 aliphatic heterocycles. The van der Waals surface area contributed by atoms with Crippen LogP contribution >= 0.6 is 0 Å². The standard InChI is InChI=1S/C14H14F3N5O2/c1-22(2)12-18-7-9(8-19-12)20-13(23)21-10-5-3-4-6-11(10)24-14(15,16)17/h3-8H,1-2H3,(H2,20,21,23). The van der Waals surface area contributed by atoms with Crippen LogP contribution in [0.25, 0.3) is 0 Å². The number of urea groups is 1. The Kier molecular flexibility index (Phi) is 5.07. The van der Waals surface area contributed by atoms with Gasteiger partial charge >= 0.3 is 12.4 Å². The first kappa shape index (κ1) is 17.3. The van der Waals surface area contributed by atoms with Crippen LogP contribution < -0.4 is 20.3 Å². The summed E-state index contributed by atoms with van der Waals surface area (Å²) < 4.78 is 40.9. The van der Waals surface area contributed by atoms with Gasteiger partial charge in [-0.05, 0) is 12.1 Å². The van der Waals surface area contributed by atoms with E-state index in [0.717, 1.165) is 6.07 Å². The minimum absolute atomic E-state index is 0.127. The Labute approximate surface area is 135 Å². The van der Waals surface area contributed by atoms with Crippen molar-refractivity contribution in [2.45, 2.75) is 6.36 Å². The zero-order valence-corrected chi connectivity index (χ0v) is 12.8. The predicted molar refractivity (Wildman–Crippen MR) is 82.1 cm³/mol. The maximum atomic E-state index is 12.3. The van der Waals surface area contributed by atoms with Crippen molar-refractivity contribution >= 4 is 23.4 Å². The topological polar surface area (TPSA) is 79.4 Å². The summed E-state index contributed by atoms with van der Waals surface area (Å²) in [6.45, 7) is 0. The molecule has 2 aromatic rings. The van der Waals surface area contributed by atoms with Gasteiger partial charge in [-0.2, -0.15) is 0 Å². The van der Waals surface area contributed by atoms with Crippen LogP contribution in [0.2, 0.25) is 0 Å². The normalized spacial score (nSPS) is 10.9. The first-order valence-corrected chi connectivity index (χ1v) is 6.67. The van der Waals surface area contributed by atoms with Crippen LogP contribution in [0.5, 0.6) is 5.75 Å². The van der Waals surface area contributed by atoms with Crippen LogP contribution in [0.1, 0.15) is 0 Å². The molecule has 0 aliphatic rings. The van der Waals surface area contributed by atoms with Crippen LogP contribution in [0.15, 0.2) is 36.7 Å². The van der Waals surface area contributed by atoms with Crippen molar-refractivity contribution in [1.29, 1.82) is 0 Å². The van der Waals surface area contributed by atoms with Gasteiger partial charge in [-0.25, -0.2) is 14.8 Å². The molecule has 0 unspecified atom stereocenters. The molecule has 2 N–H and O–H groups in total. The third-order valence-electron chi connectivity index (χ3n) is 2.66. The summed E-state index contributed by atoms with van der Waals surface area (Å²) >= 11 is 0. The summed E-state index contributed by atoms with van der Waals surface area (Å²) in [4.78, 5) is 21.6. The molecule has 2 rings (SSSR count). The SMILES string of the molecule is CN(C)c1ncc(NC(=O)Nc2ccccc2OC(F)(F)F)cn1. The van der Waals surface area contributed by atoms with Crippen LogP contribution in [0.4, 0.5) is 35.3 Å². The van der Waals surface area contributed by atoms with Crippen LogP contribution in [0, 0.1) is 0 Å². The number of hydrogen-bond acceptors (Lipinski definition) is 5. The predicted octanol–water partition coefficient (Wildman–Crippen LogP) is 3.09. The maximum Gasteiger partial charge on any atom is 0.573 e. The van der Waals surface area contributed by atoms with Crippen molar-refractivity contribution in [3.8, 4) is 5.75 Å². The first-order chi connectivity index (χ1) is 11.2. The van der Waals surface area contributed by atoms with Gasteiger partial charge in [0.25, 0.3) is 0 Å². The quantitative estimate of drug-likeness (QED) is 0.893. The fourth-order valence-electron chi connectivity index (χ4n) is 1.68. The first-order valence-electron chi connectivity index (χ1n) is 6.67. The van der Waals surface area contributed by atoms with E-state index in [2.05, 4.69) is 25.3 Å². The number of carbonyl (C=O) groups excluding carboxylic acids is 1. The average molecular weight is 341 g/mol. The second-order valence-corrected chi connectivity index (χ2v) is 4.79. The Bertz CT molecular complexity index is 704. The lowest BCUT2D eigenvalue weighted by atomic mass is 10.3. The maximum absolute atomic E-state index is 12.3. The minimum atomic E-state index is -4.86. The second kappa shape index (κ2) is 7.02. The fraction of sp³-hybridized carbons (Fsp3) is 0.214. The molecule has 0 aliphatic carbocycles. The van der Waals surface area contributed by atoms with E-state index in [-0.39, 0.29) is 11.4 Å². The molecule has 10 heteroatoms. The zero-order chi connectivity index (χ0) is 17.7. The van der Waals surface area contributed by atoms with E-state index in [0.29, 0.717) is 5.95 Å². The lowest BCUT2D eigenvalue weighted by Gasteiger charge is -2.14. The van der Waals surface area contributed by atoms with Crippen LogP contribution in [-0.2, 0) is 0 Å². The van der Waals surface area contributed by atoms with Gasteiger partial charge in [0, 0.05) is 14.1 Å². The number of aromatic nitrogens is 2. The van der Waals surface area contributed by atoms with Crippen molar-refractivity contribution in [1.82, 2.24) is 9.97 Å². The number of alkyl halides is 3. The number of anilines is 3. The Morgan fingerprint density at radius 3 is 2.33 bits per heavy atom. The molecule has 1 aromatic carbocycles. The third-order valence-corrected chi connectivity index (χ3v) is 2.66. The molecule has 2 amide bonds. The van der Waals surface area contributed by atoms with E-state index in [9.17, 15) is 18.0 Å². The van der Waals surface area contributed by atoms with Gasteiger partial charge in [0.1, 0.15) is 0 Å². The molecule has 0 fully saturated rings. The van der Waals surface area contributed by atoms with Crippen molar-refractivity contribution in [3.63, 3.8) is 0 Å². The van der Waals surface area contributed by atoms with Gasteiger partial charge in [0.15, 0.2) is 5.75 Å². The van der Waals surface area contributed by atoms with E-state index in [4.69, 9.17) is 0 Å². The van der Waals surface area contributed by atoms with Crippen molar-refractivity contribution in [3.05, 3.63) is 36.7 Å². The molecule has 7 nitrogen and oxygen atoms in total. The molecule has 0 radical (unpaired) electrons. The molecular formula is C14H14F3N5O2. The van der Waals surface area contributed by atoms with Crippen molar-refractivity contribution in [2.75, 3.05) is 29.6 Å². The summed E-state index contributed by atoms with van der Waals surface area (Å²) in [5.41, 5.74) is 0.158. The summed E-state index contributed by atoms with van der Waals surface area (Å²) in [7, 11) is 3.51. The molecule has 0 saturated heterocycles. The van der Waals surface area contributed by atoms with Gasteiger partial charge in [0.2, 0.25) is 5.95 Å². The van der Waals surface area contributed by atoms with E-state index < -0.39 is 18.1 Å². The molecule has 1 aromatic heterocycles. The number of benzene rings is 1. The van der Waals surface area contributed by atoms with Crippen LogP contribution in [-0.4, -0.2) is 36.5 Å². The Balaban J connectivity index is 2.05. The molecular weight excluding hydrogens is 327 g/mol. The lowest BCUT2D eigenvalue weighted by molar-refractivity contribution is -0.274. The summed E-state index contributed by atoms with van der Waals surface area (Å²) in [6.07, 6.45) is -2.11. The molecule has 0 saturated carbocycles. The highest BCUT2D eigenvalue weighted by atomic mass is 19.4. The van der Waals surface area contributed by atoms with Gasteiger partial charge < -0.3 is 20.3 Å². The number of halogens is 3. The lowest BCUT2D eigenvalue weighted by Crippen LogP contribution is -2.22. The number of nitrogens with one attached hydrogen (secondary N) is 2. The number of para-hydroxylation sites is 2. The van der Waals surface area contributed by atoms with E-state index >= 15 is 0 Å². The number of ether oxygens (including phenoxy) is 1. The number of carbonyl (C=O) groups is 1. The zero-order valence-electron chi connectivity index (χ0n) is 12.8. The van der Waals surface area contributed by atoms with Gasteiger partial charge in [-0.3, -0.25) is 0 Å². The molecule has 0 bridgehead atoms. The Morgan fingerprint density at radius 1 is 1.12 bits per heavy atom. The summed E-state index contributed by atoms with van der Waals surface area (Å²) in [5.74, 6) is -0.0655. The second-order valence-electron chi connectivity index (χ2n) is 4.79. The molecule has 128 valence electrons. The number of hydrogen-bond donors (Lipinski definition) is 2. The van der Waals surface area contributed by atoms with E-state index in [1.165, 1.54) is 30.6 Å². The fourth-order valence-corrected chi connectivity index (χ4v) is 1.68. The van der Waals surface area contributed by atoms with Crippen LogP contribution in [0.3, 0.4) is 0 Å². The summed E-state index contributed by atoms with van der Waals surface area (Å²) in [6, 6.07) is 4.45. The van der Waals surface area contributed by atoms with Gasteiger partial charge in [-0.1, -0.05) is 12.1 Å². The number of amides is 2. The van der Waals surface area contributed by atoms with E-state index in [1.54, 1.807) is 19.0 Å². The molecule has 1 heterocycles. The Hall–Kier alpha value is -3.04. The van der Waals surface area contributed by atoms with E-state index in [1.807, 2.05) is 0 Å². The molecule has 24 heavy (non-hydrogen) atoms. The summed E-state index contributed by atoms with van der Waals surface area (Å²) in [5, 5.41) is 4.69. The third kappa shape index (κ3) is 5.00. The molecule has 0 spiro atoms. The number of rotatable bonds is 4. The monoisotopic (exact) mass is 341 g/mol. The largest absolute Gasteiger partial charge is 0.573 e. The highest BCUT2D eigenvalue weighted by Crippen LogP contribution is 2.29. The molecule has 0 atom stereocenters. The Morgan fingerprint density at radius 2 is 1.75 bits per heavy atom. The minimum Gasteiger partial charge on any atom is -0.404 e. The number of nitrogens with zero attached hydrogens (tertiary/aromatic N) is 3. The van der Waals surface area contributed by atoms with Gasteiger partial charge in [-0.15, -0.1) is 13.2 Å².